The number of hydrogen-bond donors (Lipinski definition) is 1. The van der Waals surface area contributed by atoms with Gasteiger partial charge in [-0.25, -0.2) is 0 Å². The van der Waals surface area contributed by atoms with Crippen LogP contribution in [0.5, 0.6) is 0 Å². The molecule has 0 saturated carbocycles. The summed E-state index contributed by atoms with van der Waals surface area (Å²) in [5, 5.41) is 3.44. The highest BCUT2D eigenvalue weighted by Gasteiger charge is 2.25. The van der Waals surface area contributed by atoms with E-state index < -0.39 is 0 Å². The summed E-state index contributed by atoms with van der Waals surface area (Å²) in [5.74, 6) is 1.66. The van der Waals surface area contributed by atoms with Gasteiger partial charge in [-0.3, -0.25) is 0 Å². The molecule has 1 aliphatic rings. The third kappa shape index (κ3) is 4.12. The standard InChI is InChI=1S/C13H28N2/c1-5-14-9-11(2)10-15-8-6-7-12(3)13(15)4/h11-14H,5-10H2,1-4H3. The highest BCUT2D eigenvalue weighted by atomic mass is 15.2. The van der Waals surface area contributed by atoms with Crippen LogP contribution in [0.1, 0.15) is 40.5 Å². The Balaban J connectivity index is 2.29. The molecule has 90 valence electrons. The SMILES string of the molecule is CCNCC(C)CN1CCCC(C)C1C. The second kappa shape index (κ2) is 6.49. The van der Waals surface area contributed by atoms with Crippen molar-refractivity contribution < 1.29 is 0 Å². The van der Waals surface area contributed by atoms with Crippen molar-refractivity contribution in [2.75, 3.05) is 26.2 Å². The molecule has 0 aromatic rings. The van der Waals surface area contributed by atoms with E-state index in [0.717, 1.165) is 31.0 Å². The maximum atomic E-state index is 3.44. The molecular formula is C13H28N2. The predicted molar refractivity (Wildman–Crippen MR) is 67.1 cm³/mol. The molecule has 1 rings (SSSR count). The van der Waals surface area contributed by atoms with Crippen molar-refractivity contribution >= 4 is 0 Å². The van der Waals surface area contributed by atoms with Gasteiger partial charge in [-0.15, -0.1) is 0 Å². The first-order chi connectivity index (χ1) is 7.15. The van der Waals surface area contributed by atoms with Gasteiger partial charge in [0.05, 0.1) is 0 Å². The van der Waals surface area contributed by atoms with Crippen LogP contribution in [0.2, 0.25) is 0 Å². The zero-order valence-corrected chi connectivity index (χ0v) is 10.9. The lowest BCUT2D eigenvalue weighted by molar-refractivity contribution is 0.0979. The Bertz CT molecular complexity index is 170. The quantitative estimate of drug-likeness (QED) is 0.752. The van der Waals surface area contributed by atoms with Crippen LogP contribution in [0.3, 0.4) is 0 Å². The summed E-state index contributed by atoms with van der Waals surface area (Å²) >= 11 is 0. The maximum absolute atomic E-state index is 3.44. The topological polar surface area (TPSA) is 15.3 Å². The van der Waals surface area contributed by atoms with Crippen LogP contribution in [0, 0.1) is 11.8 Å². The summed E-state index contributed by atoms with van der Waals surface area (Å²) in [5.41, 5.74) is 0. The Morgan fingerprint density at radius 2 is 2.13 bits per heavy atom. The van der Waals surface area contributed by atoms with E-state index in [2.05, 4.69) is 37.9 Å². The Hall–Kier alpha value is -0.0800. The van der Waals surface area contributed by atoms with Gasteiger partial charge < -0.3 is 10.2 Å². The monoisotopic (exact) mass is 212 g/mol. The lowest BCUT2D eigenvalue weighted by Gasteiger charge is -2.39. The number of nitrogens with one attached hydrogen (secondary N) is 1. The van der Waals surface area contributed by atoms with E-state index in [1.165, 1.54) is 25.9 Å². The molecule has 0 aromatic heterocycles. The van der Waals surface area contributed by atoms with E-state index in [-0.39, 0.29) is 0 Å². The molecule has 3 atom stereocenters. The molecule has 1 fully saturated rings. The molecule has 3 unspecified atom stereocenters. The second-order valence-corrected chi connectivity index (χ2v) is 5.27. The van der Waals surface area contributed by atoms with E-state index in [4.69, 9.17) is 0 Å². The highest BCUT2D eigenvalue weighted by molar-refractivity contribution is 4.79. The zero-order chi connectivity index (χ0) is 11.3. The minimum absolute atomic E-state index is 0.776. The predicted octanol–water partition coefficient (Wildman–Crippen LogP) is 2.35. The first kappa shape index (κ1) is 13.0. The van der Waals surface area contributed by atoms with Gasteiger partial charge in [-0.2, -0.15) is 0 Å². The summed E-state index contributed by atoms with van der Waals surface area (Å²) in [6.45, 7) is 14.1. The Morgan fingerprint density at radius 3 is 2.80 bits per heavy atom. The first-order valence-corrected chi connectivity index (χ1v) is 6.59. The third-order valence-electron chi connectivity index (χ3n) is 3.79. The van der Waals surface area contributed by atoms with Crippen LogP contribution in [0.4, 0.5) is 0 Å². The normalized spacial score (nSPS) is 30.4. The number of hydrogen-bond acceptors (Lipinski definition) is 2. The largest absolute Gasteiger partial charge is 0.317 e. The number of piperidine rings is 1. The number of likely N-dealkylation sites (tertiary alicyclic amines) is 1. The summed E-state index contributed by atoms with van der Waals surface area (Å²) in [4.78, 5) is 2.68. The molecule has 2 nitrogen and oxygen atoms in total. The fraction of sp³-hybridized carbons (Fsp3) is 1.00. The summed E-state index contributed by atoms with van der Waals surface area (Å²) in [7, 11) is 0. The molecule has 0 amide bonds. The summed E-state index contributed by atoms with van der Waals surface area (Å²) < 4.78 is 0. The van der Waals surface area contributed by atoms with Crippen molar-refractivity contribution in [3.63, 3.8) is 0 Å². The molecule has 0 spiro atoms. The molecule has 0 radical (unpaired) electrons. The van der Waals surface area contributed by atoms with Gasteiger partial charge in [-0.05, 0) is 51.2 Å². The fourth-order valence-electron chi connectivity index (χ4n) is 2.53. The van der Waals surface area contributed by atoms with Crippen LogP contribution in [0.15, 0.2) is 0 Å². The lowest BCUT2D eigenvalue weighted by atomic mass is 9.91. The van der Waals surface area contributed by atoms with Crippen molar-refractivity contribution in [3.05, 3.63) is 0 Å². The molecule has 1 aliphatic heterocycles. The van der Waals surface area contributed by atoms with Crippen molar-refractivity contribution in [1.29, 1.82) is 0 Å². The zero-order valence-electron chi connectivity index (χ0n) is 10.9. The van der Waals surface area contributed by atoms with Crippen LogP contribution >= 0.6 is 0 Å². The van der Waals surface area contributed by atoms with Gasteiger partial charge in [0.25, 0.3) is 0 Å². The molecule has 15 heavy (non-hydrogen) atoms. The molecule has 0 aliphatic carbocycles. The van der Waals surface area contributed by atoms with Crippen LogP contribution in [-0.2, 0) is 0 Å². The molecule has 1 heterocycles. The molecule has 0 aromatic carbocycles. The van der Waals surface area contributed by atoms with E-state index in [9.17, 15) is 0 Å². The molecular weight excluding hydrogens is 184 g/mol. The van der Waals surface area contributed by atoms with Gasteiger partial charge in [0.15, 0.2) is 0 Å². The van der Waals surface area contributed by atoms with Gasteiger partial charge in [0, 0.05) is 12.6 Å². The van der Waals surface area contributed by atoms with Gasteiger partial charge in [0.1, 0.15) is 0 Å². The first-order valence-electron chi connectivity index (χ1n) is 6.59. The number of rotatable bonds is 5. The van der Waals surface area contributed by atoms with E-state index in [1.54, 1.807) is 0 Å². The highest BCUT2D eigenvalue weighted by Crippen LogP contribution is 2.23. The third-order valence-corrected chi connectivity index (χ3v) is 3.79. The van der Waals surface area contributed by atoms with Gasteiger partial charge >= 0.3 is 0 Å². The molecule has 0 bridgehead atoms. The van der Waals surface area contributed by atoms with E-state index >= 15 is 0 Å². The second-order valence-electron chi connectivity index (χ2n) is 5.27. The minimum atomic E-state index is 0.776. The van der Waals surface area contributed by atoms with Crippen LogP contribution in [0.25, 0.3) is 0 Å². The van der Waals surface area contributed by atoms with Crippen molar-refractivity contribution in [1.82, 2.24) is 10.2 Å². The van der Waals surface area contributed by atoms with Gasteiger partial charge in [-0.1, -0.05) is 20.8 Å². The maximum Gasteiger partial charge on any atom is 0.00926 e. The Kier molecular flexibility index (Phi) is 5.62. The Morgan fingerprint density at radius 1 is 1.40 bits per heavy atom. The van der Waals surface area contributed by atoms with E-state index in [1.807, 2.05) is 0 Å². The van der Waals surface area contributed by atoms with Gasteiger partial charge in [0.2, 0.25) is 0 Å². The average molecular weight is 212 g/mol. The van der Waals surface area contributed by atoms with Crippen molar-refractivity contribution in [3.8, 4) is 0 Å². The molecule has 1 saturated heterocycles. The smallest absolute Gasteiger partial charge is 0.00926 e. The molecule has 2 heteroatoms. The Labute approximate surface area is 95.4 Å². The fourth-order valence-corrected chi connectivity index (χ4v) is 2.53. The lowest BCUT2D eigenvalue weighted by Crippen LogP contribution is -2.45. The molecule has 1 N–H and O–H groups in total. The minimum Gasteiger partial charge on any atom is -0.317 e. The summed E-state index contributed by atoms with van der Waals surface area (Å²) in [6.07, 6.45) is 2.80. The van der Waals surface area contributed by atoms with Crippen LogP contribution in [-0.4, -0.2) is 37.1 Å². The van der Waals surface area contributed by atoms with Crippen LogP contribution < -0.4 is 5.32 Å². The van der Waals surface area contributed by atoms with Crippen molar-refractivity contribution in [2.45, 2.75) is 46.6 Å². The van der Waals surface area contributed by atoms with E-state index in [0.29, 0.717) is 0 Å². The summed E-state index contributed by atoms with van der Waals surface area (Å²) in [6, 6.07) is 0.780. The number of nitrogens with zero attached hydrogens (tertiary/aromatic N) is 1. The van der Waals surface area contributed by atoms with Crippen molar-refractivity contribution in [2.24, 2.45) is 11.8 Å². The average Bonchev–Trinajstić information content (AvgIpc) is 2.22.